The van der Waals surface area contributed by atoms with Gasteiger partial charge in [0.15, 0.2) is 0 Å². The van der Waals surface area contributed by atoms with E-state index in [9.17, 15) is 10.2 Å². The number of benzene rings is 2. The molecule has 0 aliphatic heterocycles. The smallest absolute Gasteiger partial charge is 0.145 e. The molecule has 1 aromatic heterocycles. The van der Waals surface area contributed by atoms with Crippen LogP contribution in [0.4, 0.5) is 0 Å². The number of ether oxygens (including phenoxy) is 1. The highest BCUT2D eigenvalue weighted by atomic mass is 32.1. The Labute approximate surface area is 132 Å². The van der Waals surface area contributed by atoms with Crippen LogP contribution in [-0.2, 0) is 0 Å². The summed E-state index contributed by atoms with van der Waals surface area (Å²) in [4.78, 5) is 0. The summed E-state index contributed by atoms with van der Waals surface area (Å²) in [6.45, 7) is 0. The summed E-state index contributed by atoms with van der Waals surface area (Å²) in [6.07, 6.45) is 0. The molecule has 7 heteroatoms. The Bertz CT molecular complexity index is 833. The van der Waals surface area contributed by atoms with E-state index < -0.39 is 0 Å². The van der Waals surface area contributed by atoms with Crippen molar-refractivity contribution >= 4 is 12.6 Å². The molecular weight excluding hydrogens is 302 g/mol. The van der Waals surface area contributed by atoms with Crippen molar-refractivity contribution in [3.63, 3.8) is 0 Å². The number of phenols is 2. The summed E-state index contributed by atoms with van der Waals surface area (Å²) in [5.41, 5.74) is 1.71. The maximum absolute atomic E-state index is 10.0. The molecular formula is C15H13N3O3S. The van der Waals surface area contributed by atoms with Crippen LogP contribution < -0.4 is 4.74 Å². The highest BCUT2D eigenvalue weighted by molar-refractivity contribution is 7.80. The zero-order valence-corrected chi connectivity index (χ0v) is 12.5. The Morgan fingerprint density at radius 3 is 2.64 bits per heavy atom. The third-order valence-electron chi connectivity index (χ3n) is 3.20. The molecule has 0 fully saturated rings. The first-order valence-corrected chi connectivity index (χ1v) is 6.87. The molecule has 0 aliphatic carbocycles. The molecule has 0 atom stereocenters. The van der Waals surface area contributed by atoms with Gasteiger partial charge < -0.3 is 14.9 Å². The molecule has 6 nitrogen and oxygen atoms in total. The molecule has 22 heavy (non-hydrogen) atoms. The first kappa shape index (κ1) is 14.3. The number of hydrogen-bond acceptors (Lipinski definition) is 6. The van der Waals surface area contributed by atoms with Gasteiger partial charge in [0.05, 0.1) is 7.11 Å². The van der Waals surface area contributed by atoms with Crippen LogP contribution in [0.5, 0.6) is 17.2 Å². The minimum absolute atomic E-state index is 0.0358. The van der Waals surface area contributed by atoms with Crippen LogP contribution >= 0.6 is 12.6 Å². The molecule has 1 heterocycles. The molecule has 3 rings (SSSR count). The summed E-state index contributed by atoms with van der Waals surface area (Å²) in [6, 6.07) is 11.6. The number of para-hydroxylation sites is 1. The highest BCUT2D eigenvalue weighted by Gasteiger charge is 2.19. The van der Waals surface area contributed by atoms with Gasteiger partial charge in [-0.05, 0) is 24.3 Å². The van der Waals surface area contributed by atoms with Crippen LogP contribution in [0.25, 0.3) is 16.9 Å². The van der Waals surface area contributed by atoms with E-state index in [1.54, 1.807) is 13.2 Å². The number of thiol groups is 1. The van der Waals surface area contributed by atoms with E-state index in [1.165, 1.54) is 16.8 Å². The predicted molar refractivity (Wildman–Crippen MR) is 83.9 cm³/mol. The van der Waals surface area contributed by atoms with Crippen molar-refractivity contribution in [2.45, 2.75) is 5.03 Å². The van der Waals surface area contributed by atoms with Crippen molar-refractivity contribution < 1.29 is 14.9 Å². The van der Waals surface area contributed by atoms with E-state index in [2.05, 4.69) is 22.9 Å². The van der Waals surface area contributed by atoms with Crippen molar-refractivity contribution in [1.29, 1.82) is 0 Å². The Morgan fingerprint density at radius 1 is 1.14 bits per heavy atom. The van der Waals surface area contributed by atoms with E-state index in [0.29, 0.717) is 22.2 Å². The number of hydrogen-bond donors (Lipinski definition) is 3. The lowest BCUT2D eigenvalue weighted by Gasteiger charge is -2.11. The normalized spacial score (nSPS) is 10.6. The lowest BCUT2D eigenvalue weighted by atomic mass is 10.1. The fourth-order valence-electron chi connectivity index (χ4n) is 2.21. The Kier molecular flexibility index (Phi) is 3.64. The molecule has 0 aliphatic rings. The summed E-state index contributed by atoms with van der Waals surface area (Å²) >= 11 is 4.34. The van der Waals surface area contributed by atoms with Crippen molar-refractivity contribution in [2.75, 3.05) is 7.11 Å². The molecule has 0 radical (unpaired) electrons. The number of rotatable bonds is 3. The van der Waals surface area contributed by atoms with Gasteiger partial charge in [-0.15, -0.1) is 17.7 Å². The summed E-state index contributed by atoms with van der Waals surface area (Å²) in [5.74, 6) is 0.486. The van der Waals surface area contributed by atoms with E-state index >= 15 is 0 Å². The summed E-state index contributed by atoms with van der Waals surface area (Å²) in [5, 5.41) is 27.8. The molecule has 0 unspecified atom stereocenters. The lowest BCUT2D eigenvalue weighted by Crippen LogP contribution is -2.01. The van der Waals surface area contributed by atoms with Gasteiger partial charge in [-0.1, -0.05) is 17.3 Å². The van der Waals surface area contributed by atoms with Gasteiger partial charge in [-0.2, -0.15) is 0 Å². The summed E-state index contributed by atoms with van der Waals surface area (Å²) in [7, 11) is 1.57. The first-order valence-electron chi connectivity index (χ1n) is 6.42. The predicted octanol–water partition coefficient (Wildman–Crippen LogP) is 2.64. The zero-order chi connectivity index (χ0) is 15.7. The zero-order valence-electron chi connectivity index (χ0n) is 11.6. The van der Waals surface area contributed by atoms with Gasteiger partial charge in [0.25, 0.3) is 0 Å². The van der Waals surface area contributed by atoms with Gasteiger partial charge >= 0.3 is 0 Å². The molecule has 0 saturated heterocycles. The average Bonchev–Trinajstić information content (AvgIpc) is 2.88. The number of methoxy groups -OCH3 is 1. The number of phenolic OH excluding ortho intramolecular Hbond substituents is 2. The third-order valence-corrected chi connectivity index (χ3v) is 3.50. The van der Waals surface area contributed by atoms with Crippen LogP contribution in [0.3, 0.4) is 0 Å². The second-order valence-electron chi connectivity index (χ2n) is 4.55. The van der Waals surface area contributed by atoms with E-state index in [1.807, 2.05) is 24.3 Å². The average molecular weight is 315 g/mol. The molecule has 0 amide bonds. The highest BCUT2D eigenvalue weighted by Crippen LogP contribution is 2.36. The minimum Gasteiger partial charge on any atom is -0.508 e. The maximum atomic E-state index is 10.0. The van der Waals surface area contributed by atoms with Gasteiger partial charge in [0.1, 0.15) is 33.7 Å². The van der Waals surface area contributed by atoms with E-state index in [-0.39, 0.29) is 11.5 Å². The number of aromatic nitrogens is 3. The SMILES string of the molecule is COc1ccccc1-c1c(S)nnn1-c1ccc(O)cc1O. The first-order chi connectivity index (χ1) is 10.6. The van der Waals surface area contributed by atoms with Crippen LogP contribution in [0, 0.1) is 0 Å². The molecule has 0 bridgehead atoms. The topological polar surface area (TPSA) is 80.4 Å². The second-order valence-corrected chi connectivity index (χ2v) is 4.97. The molecule has 3 aromatic rings. The Morgan fingerprint density at radius 2 is 1.91 bits per heavy atom. The van der Waals surface area contributed by atoms with Crippen molar-refractivity contribution in [1.82, 2.24) is 15.0 Å². The quantitative estimate of drug-likeness (QED) is 0.647. The lowest BCUT2D eigenvalue weighted by molar-refractivity contribution is 0.416. The maximum Gasteiger partial charge on any atom is 0.145 e. The fraction of sp³-hybridized carbons (Fsp3) is 0.0667. The molecule has 0 saturated carbocycles. The van der Waals surface area contributed by atoms with Crippen LogP contribution in [0.15, 0.2) is 47.5 Å². The standard InChI is InChI=1S/C15H13N3O3S/c1-21-13-5-3-2-4-10(13)14-15(22)16-17-18(14)11-7-6-9(19)8-12(11)20/h2-8,19-20,22H,1H3. The largest absolute Gasteiger partial charge is 0.508 e. The van der Waals surface area contributed by atoms with Crippen molar-refractivity contribution in [2.24, 2.45) is 0 Å². The number of nitrogens with zero attached hydrogens (tertiary/aromatic N) is 3. The van der Waals surface area contributed by atoms with Crippen LogP contribution in [0.1, 0.15) is 0 Å². The summed E-state index contributed by atoms with van der Waals surface area (Å²) < 4.78 is 6.81. The Hall–Kier alpha value is -2.67. The van der Waals surface area contributed by atoms with Gasteiger partial charge in [-0.3, -0.25) is 0 Å². The van der Waals surface area contributed by atoms with E-state index in [4.69, 9.17) is 4.74 Å². The van der Waals surface area contributed by atoms with Crippen molar-refractivity contribution in [3.05, 3.63) is 42.5 Å². The Balaban J connectivity index is 2.24. The van der Waals surface area contributed by atoms with Crippen molar-refractivity contribution in [3.8, 4) is 34.2 Å². The molecule has 0 spiro atoms. The van der Waals surface area contributed by atoms with Gasteiger partial charge in [-0.25, -0.2) is 4.68 Å². The monoisotopic (exact) mass is 315 g/mol. The molecule has 2 aromatic carbocycles. The minimum atomic E-state index is -0.116. The van der Waals surface area contributed by atoms with Gasteiger partial charge in [0.2, 0.25) is 0 Å². The fourth-order valence-corrected chi connectivity index (χ4v) is 2.46. The second kappa shape index (κ2) is 5.61. The molecule has 112 valence electrons. The van der Waals surface area contributed by atoms with Crippen LogP contribution in [0.2, 0.25) is 0 Å². The van der Waals surface area contributed by atoms with Crippen LogP contribution in [-0.4, -0.2) is 32.3 Å². The number of aromatic hydroxyl groups is 2. The van der Waals surface area contributed by atoms with E-state index in [0.717, 1.165) is 5.56 Å². The third kappa shape index (κ3) is 2.35. The molecule has 2 N–H and O–H groups in total. The van der Waals surface area contributed by atoms with Gasteiger partial charge in [0, 0.05) is 11.6 Å².